The Morgan fingerprint density at radius 2 is 1.62 bits per heavy atom. The van der Waals surface area contributed by atoms with Crippen molar-refractivity contribution in [1.29, 1.82) is 0 Å². The molecule has 2 aromatic rings. The van der Waals surface area contributed by atoms with E-state index in [0.29, 0.717) is 12.1 Å². The number of aromatic amines is 1. The molecule has 1 fully saturated rings. The van der Waals surface area contributed by atoms with Crippen LogP contribution in [0, 0.1) is 11.8 Å². The molecule has 1 saturated carbocycles. The van der Waals surface area contributed by atoms with Gasteiger partial charge in [0.05, 0.1) is 51.9 Å². The summed E-state index contributed by atoms with van der Waals surface area (Å²) in [6.45, 7) is 7.50. The van der Waals surface area contributed by atoms with Crippen LogP contribution in [0.25, 0.3) is 0 Å². The molecule has 282 valence electrons. The molecule has 5 atom stereocenters. The van der Waals surface area contributed by atoms with Crippen LogP contribution in [0.15, 0.2) is 42.9 Å². The Morgan fingerprint density at radius 3 is 2.20 bits per heavy atom. The van der Waals surface area contributed by atoms with Crippen LogP contribution in [0.1, 0.15) is 90.8 Å². The summed E-state index contributed by atoms with van der Waals surface area (Å²) in [5.74, 6) is -2.39. The number of amides is 2. The van der Waals surface area contributed by atoms with Crippen LogP contribution in [0.2, 0.25) is 0 Å². The molecule has 3 rings (SSSR count). The minimum atomic E-state index is -3.72. The second-order valence-electron chi connectivity index (χ2n) is 14.9. The third kappa shape index (κ3) is 13.0. The maximum atomic E-state index is 14.1. The van der Waals surface area contributed by atoms with Gasteiger partial charge in [0.1, 0.15) is 6.04 Å². The molecule has 6 N–H and O–H groups in total. The Kier molecular flexibility index (Phi) is 15.5. The summed E-state index contributed by atoms with van der Waals surface area (Å²) >= 11 is 0. The summed E-state index contributed by atoms with van der Waals surface area (Å²) in [7, 11) is -7.36. The normalized spacial score (nSPS) is 17.8. The molecule has 0 bridgehead atoms. The van der Waals surface area contributed by atoms with Crippen LogP contribution in [0.3, 0.4) is 0 Å². The summed E-state index contributed by atoms with van der Waals surface area (Å²) in [4.78, 5) is 35.1. The minimum absolute atomic E-state index is 0.00297. The second kappa shape index (κ2) is 18.6. The summed E-state index contributed by atoms with van der Waals surface area (Å²) < 4.78 is 52.3. The molecule has 2 amide bonds. The van der Waals surface area contributed by atoms with Gasteiger partial charge < -0.3 is 25.8 Å². The highest BCUT2D eigenvalue weighted by Gasteiger charge is 2.37. The van der Waals surface area contributed by atoms with Crippen molar-refractivity contribution in [3.63, 3.8) is 0 Å². The third-order valence-corrected chi connectivity index (χ3v) is 13.9. The highest BCUT2D eigenvalue weighted by atomic mass is 32.2. The number of benzene rings is 1. The number of rotatable bonds is 19. The van der Waals surface area contributed by atoms with Crippen molar-refractivity contribution in [2.45, 2.75) is 127 Å². The fourth-order valence-corrected chi connectivity index (χ4v) is 8.09. The topological polar surface area (TPSA) is 208 Å². The van der Waals surface area contributed by atoms with Crippen LogP contribution in [-0.2, 0) is 42.3 Å². The SMILES string of the molecule is CC(C)S(=O)(=O)NC[C@H](O)C[C@H](O)[C@H](CC1CCCCC1)NC(=O)C(Cc1c[nH]cn1)NC(=O)C(Cc1ccccc1)CS(=O)(=O)C(C)(C)C. The van der Waals surface area contributed by atoms with Crippen LogP contribution in [-0.4, -0.2) is 95.4 Å². The number of imidazole rings is 1. The maximum Gasteiger partial charge on any atom is 0.243 e. The highest BCUT2D eigenvalue weighted by molar-refractivity contribution is 7.92. The summed E-state index contributed by atoms with van der Waals surface area (Å²) in [6, 6.07) is 7.12. The lowest BCUT2D eigenvalue weighted by atomic mass is 9.83. The van der Waals surface area contributed by atoms with Gasteiger partial charge >= 0.3 is 0 Å². The number of aromatic nitrogens is 2. The zero-order valence-corrected chi connectivity index (χ0v) is 31.6. The first-order valence-corrected chi connectivity index (χ1v) is 20.8. The predicted octanol–water partition coefficient (Wildman–Crippen LogP) is 2.40. The maximum absolute atomic E-state index is 14.1. The number of carbonyl (C=O) groups excluding carboxylic acids is 2. The Labute approximate surface area is 297 Å². The molecule has 50 heavy (non-hydrogen) atoms. The van der Waals surface area contributed by atoms with E-state index in [2.05, 4.69) is 25.3 Å². The van der Waals surface area contributed by atoms with E-state index in [9.17, 15) is 36.6 Å². The lowest BCUT2D eigenvalue weighted by Crippen LogP contribution is -2.55. The van der Waals surface area contributed by atoms with E-state index >= 15 is 0 Å². The van der Waals surface area contributed by atoms with Gasteiger partial charge in [0.25, 0.3) is 0 Å². The number of sulfone groups is 1. The van der Waals surface area contributed by atoms with Gasteiger partial charge in [-0.25, -0.2) is 26.5 Å². The first-order chi connectivity index (χ1) is 23.4. The van der Waals surface area contributed by atoms with Crippen LogP contribution in [0.5, 0.6) is 0 Å². The number of aliphatic hydroxyl groups is 2. The molecular formula is C35H57N5O8S2. The number of H-pyrrole nitrogens is 1. The Hall–Kier alpha value is -2.85. The van der Waals surface area contributed by atoms with E-state index in [1.54, 1.807) is 27.0 Å². The zero-order valence-electron chi connectivity index (χ0n) is 30.0. The number of nitrogens with zero attached hydrogens (tertiary/aromatic N) is 1. The van der Waals surface area contributed by atoms with Crippen LogP contribution < -0.4 is 15.4 Å². The predicted molar refractivity (Wildman–Crippen MR) is 193 cm³/mol. The van der Waals surface area contributed by atoms with E-state index in [0.717, 1.165) is 37.7 Å². The Balaban J connectivity index is 1.85. The first-order valence-electron chi connectivity index (χ1n) is 17.6. The average Bonchev–Trinajstić information content (AvgIpc) is 3.56. The van der Waals surface area contributed by atoms with E-state index in [-0.39, 0.29) is 31.7 Å². The molecule has 0 radical (unpaired) electrons. The van der Waals surface area contributed by atoms with Gasteiger partial charge in [-0.1, -0.05) is 62.4 Å². The third-order valence-electron chi connectivity index (χ3n) is 9.41. The molecule has 1 aromatic heterocycles. The van der Waals surface area contributed by atoms with Gasteiger partial charge in [0, 0.05) is 25.6 Å². The second-order valence-corrected chi connectivity index (χ2v) is 20.0. The summed E-state index contributed by atoms with van der Waals surface area (Å²) in [5.41, 5.74) is 1.26. The van der Waals surface area contributed by atoms with Crippen molar-refractivity contribution in [2.75, 3.05) is 12.3 Å². The largest absolute Gasteiger partial charge is 0.392 e. The van der Waals surface area contributed by atoms with Gasteiger partial charge in [-0.3, -0.25) is 9.59 Å². The molecule has 0 aliphatic heterocycles. The van der Waals surface area contributed by atoms with Crippen molar-refractivity contribution >= 4 is 31.7 Å². The number of hydrogen-bond donors (Lipinski definition) is 6. The van der Waals surface area contributed by atoms with Crippen molar-refractivity contribution in [1.82, 2.24) is 25.3 Å². The van der Waals surface area contributed by atoms with Crippen LogP contribution in [0.4, 0.5) is 0 Å². The molecule has 0 saturated heterocycles. The highest BCUT2D eigenvalue weighted by Crippen LogP contribution is 2.29. The van der Waals surface area contributed by atoms with Gasteiger partial charge in [0.2, 0.25) is 21.8 Å². The molecular weight excluding hydrogens is 683 g/mol. The number of aliphatic hydroxyl groups excluding tert-OH is 2. The van der Waals surface area contributed by atoms with Gasteiger partial charge in [-0.2, -0.15) is 0 Å². The monoisotopic (exact) mass is 739 g/mol. The molecule has 15 heteroatoms. The summed E-state index contributed by atoms with van der Waals surface area (Å²) in [6.07, 6.45) is 5.99. The molecule has 13 nitrogen and oxygen atoms in total. The van der Waals surface area contributed by atoms with E-state index < -0.39 is 77.6 Å². The van der Waals surface area contributed by atoms with Gasteiger partial charge in [-0.05, 0) is 58.9 Å². The Bertz CT molecular complexity index is 1560. The van der Waals surface area contributed by atoms with Gasteiger partial charge in [0.15, 0.2) is 9.84 Å². The summed E-state index contributed by atoms with van der Waals surface area (Å²) in [5, 5.41) is 27.1. The standard InChI is InChI=1S/C35H57N5O8S2/c1-24(2)50(47,48)38-21-29(41)19-32(42)30(17-26-14-10-7-11-15-26)39-34(44)31(18-28-20-36-23-37-28)40-33(43)27(16-25-12-8-6-9-13-25)22-49(45,46)35(3,4)5/h6,8-9,12-13,20,23-24,26-27,29-32,38,41-42H,7,10-11,14-19,21-22H2,1-5H3,(H,36,37)(H,39,44)(H,40,43)/t27?,29-,30+,31?,32+/m1/s1. The molecule has 1 aliphatic carbocycles. The minimum Gasteiger partial charge on any atom is -0.392 e. The molecule has 1 aliphatic rings. The van der Waals surface area contributed by atoms with E-state index in [1.807, 2.05) is 30.3 Å². The fraction of sp³-hybridized carbons (Fsp3) is 0.686. The molecule has 1 aromatic carbocycles. The average molecular weight is 740 g/mol. The smallest absolute Gasteiger partial charge is 0.243 e. The number of carbonyl (C=O) groups is 2. The quantitative estimate of drug-likeness (QED) is 0.125. The lowest BCUT2D eigenvalue weighted by molar-refractivity contribution is -0.131. The van der Waals surface area contributed by atoms with E-state index in [1.165, 1.54) is 20.2 Å². The number of nitrogens with one attached hydrogen (secondary N) is 4. The van der Waals surface area contributed by atoms with Crippen molar-refractivity contribution in [3.8, 4) is 0 Å². The first kappa shape index (κ1) is 41.6. The van der Waals surface area contributed by atoms with Crippen molar-refractivity contribution < 1.29 is 36.6 Å². The zero-order chi connectivity index (χ0) is 37.1. The lowest BCUT2D eigenvalue weighted by Gasteiger charge is -2.32. The number of sulfonamides is 1. The Morgan fingerprint density at radius 1 is 0.960 bits per heavy atom. The molecule has 0 spiro atoms. The molecule has 1 heterocycles. The van der Waals surface area contributed by atoms with Crippen LogP contribution >= 0.6 is 0 Å². The van der Waals surface area contributed by atoms with Gasteiger partial charge in [-0.15, -0.1) is 0 Å². The van der Waals surface area contributed by atoms with Crippen molar-refractivity contribution in [3.05, 3.63) is 54.1 Å². The van der Waals surface area contributed by atoms with Crippen molar-refractivity contribution in [2.24, 2.45) is 11.8 Å². The fourth-order valence-electron chi connectivity index (χ4n) is 6.03. The van der Waals surface area contributed by atoms with E-state index in [4.69, 9.17) is 0 Å². The molecule has 2 unspecified atom stereocenters. The number of hydrogen-bond acceptors (Lipinski definition) is 9.